The maximum atomic E-state index is 11.0. The molecule has 6 nitrogen and oxygen atoms in total. The van der Waals surface area contributed by atoms with Gasteiger partial charge in [-0.2, -0.15) is 5.10 Å². The fraction of sp³-hybridized carbons (Fsp3) is 0.300. The molecular formula is C20H21N3O3S. The van der Waals surface area contributed by atoms with Crippen molar-refractivity contribution < 1.29 is 13.2 Å². The third-order valence-electron chi connectivity index (χ3n) is 4.96. The van der Waals surface area contributed by atoms with Crippen LogP contribution in [0.15, 0.2) is 47.6 Å². The number of fused-ring (bicyclic) bond motifs is 2. The van der Waals surface area contributed by atoms with Crippen LogP contribution in [-0.2, 0) is 33.4 Å². The van der Waals surface area contributed by atoms with Gasteiger partial charge >= 0.3 is 0 Å². The maximum absolute atomic E-state index is 11.0. The van der Waals surface area contributed by atoms with E-state index >= 15 is 0 Å². The Bertz CT molecular complexity index is 998. The highest BCUT2D eigenvalue weighted by Crippen LogP contribution is 2.26. The number of hydrazone groups is 1. The summed E-state index contributed by atoms with van der Waals surface area (Å²) in [6.07, 6.45) is 4.96. The predicted octanol–water partition coefficient (Wildman–Crippen LogP) is 2.73. The number of anilines is 1. The first kappa shape index (κ1) is 17.7. The molecule has 2 aromatic rings. The normalized spacial score (nSPS) is 19.0. The molecule has 0 bridgehead atoms. The molecule has 0 unspecified atom stereocenters. The van der Waals surface area contributed by atoms with Gasteiger partial charge in [-0.1, -0.05) is 30.3 Å². The summed E-state index contributed by atoms with van der Waals surface area (Å²) < 4.78 is 24.4. The van der Waals surface area contributed by atoms with E-state index in [1.165, 1.54) is 36.0 Å². The Labute approximate surface area is 158 Å². The lowest BCUT2D eigenvalue weighted by Crippen LogP contribution is -2.25. The largest absolute Gasteiger partial charge is 0.283 e. The Hall–Kier alpha value is -2.67. The first-order chi connectivity index (χ1) is 13.0. The smallest absolute Gasteiger partial charge is 0.240 e. The predicted molar refractivity (Wildman–Crippen MR) is 105 cm³/mol. The summed E-state index contributed by atoms with van der Waals surface area (Å²) in [5, 5.41) is 4.12. The summed E-state index contributed by atoms with van der Waals surface area (Å²) in [7, 11) is -3.06. The molecule has 1 amide bonds. The number of benzene rings is 2. The Balaban J connectivity index is 0.000000143. The number of para-hydroxylation sites is 1. The van der Waals surface area contributed by atoms with Crippen molar-refractivity contribution in [3.63, 3.8) is 0 Å². The molecule has 0 fully saturated rings. The summed E-state index contributed by atoms with van der Waals surface area (Å²) in [5.41, 5.74) is 9.22. The van der Waals surface area contributed by atoms with Gasteiger partial charge in [0.25, 0.3) is 0 Å². The van der Waals surface area contributed by atoms with Gasteiger partial charge in [-0.3, -0.25) is 9.52 Å². The average Bonchev–Trinajstić information content (AvgIpc) is 3.24. The highest BCUT2D eigenvalue weighted by molar-refractivity contribution is 7.92. The van der Waals surface area contributed by atoms with Gasteiger partial charge in [-0.05, 0) is 53.6 Å². The molecule has 0 saturated heterocycles. The van der Waals surface area contributed by atoms with Gasteiger partial charge in [0.05, 0.1) is 17.2 Å². The number of hydrogen-bond donors (Lipinski definition) is 2. The first-order valence-electron chi connectivity index (χ1n) is 9.06. The van der Waals surface area contributed by atoms with Crippen LogP contribution >= 0.6 is 0 Å². The minimum absolute atomic E-state index is 0.0184. The number of amides is 1. The highest BCUT2D eigenvalue weighted by Gasteiger charge is 2.22. The number of carbonyl (C=O) groups excluding carboxylic acids is 1. The molecule has 0 atom stereocenters. The average molecular weight is 383 g/mol. The van der Waals surface area contributed by atoms with Crippen LogP contribution < -0.4 is 10.1 Å². The lowest BCUT2D eigenvalue weighted by atomic mass is 10.00. The molecular weight excluding hydrogens is 362 g/mol. The van der Waals surface area contributed by atoms with Crippen LogP contribution in [0.5, 0.6) is 0 Å². The molecule has 140 valence electrons. The zero-order valence-corrected chi connectivity index (χ0v) is 15.7. The number of sulfonamides is 1. The molecule has 0 radical (unpaired) electrons. The Morgan fingerprint density at radius 1 is 0.889 bits per heavy atom. The number of aryl methyl sites for hydroxylation is 2. The molecule has 2 N–H and O–H groups in total. The van der Waals surface area contributed by atoms with Gasteiger partial charge < -0.3 is 0 Å². The van der Waals surface area contributed by atoms with Crippen molar-refractivity contribution in [2.24, 2.45) is 5.10 Å². The zero-order valence-electron chi connectivity index (χ0n) is 14.9. The van der Waals surface area contributed by atoms with Gasteiger partial charge in [0.2, 0.25) is 15.9 Å². The summed E-state index contributed by atoms with van der Waals surface area (Å²) in [4.78, 5) is 11.0. The zero-order chi connectivity index (χ0) is 18.9. The van der Waals surface area contributed by atoms with Crippen LogP contribution in [-0.4, -0.2) is 20.0 Å². The number of rotatable bonds is 1. The molecule has 2 aromatic carbocycles. The molecule has 3 aliphatic rings. The van der Waals surface area contributed by atoms with E-state index in [1.807, 2.05) is 18.2 Å². The maximum Gasteiger partial charge on any atom is 0.240 e. The Morgan fingerprint density at radius 2 is 1.70 bits per heavy atom. The van der Waals surface area contributed by atoms with E-state index in [9.17, 15) is 13.2 Å². The minimum atomic E-state index is -3.06. The second-order valence-electron chi connectivity index (χ2n) is 6.95. The summed E-state index contributed by atoms with van der Waals surface area (Å²) in [6.45, 7) is 0. The number of carbonyl (C=O) groups is 1. The van der Waals surface area contributed by atoms with E-state index in [-0.39, 0.29) is 11.7 Å². The van der Waals surface area contributed by atoms with Gasteiger partial charge in [0.15, 0.2) is 0 Å². The fourth-order valence-corrected chi connectivity index (χ4v) is 4.86. The first-order valence-corrected chi connectivity index (χ1v) is 10.7. The molecule has 7 heteroatoms. The van der Waals surface area contributed by atoms with Gasteiger partial charge in [0, 0.05) is 12.8 Å². The van der Waals surface area contributed by atoms with Crippen LogP contribution in [0.1, 0.15) is 41.5 Å². The molecule has 1 aliphatic carbocycles. The van der Waals surface area contributed by atoms with E-state index in [2.05, 4.69) is 33.4 Å². The van der Waals surface area contributed by atoms with E-state index in [1.54, 1.807) is 6.07 Å². The van der Waals surface area contributed by atoms with Gasteiger partial charge in [-0.25, -0.2) is 13.8 Å². The van der Waals surface area contributed by atoms with Crippen LogP contribution in [0.2, 0.25) is 0 Å². The topological polar surface area (TPSA) is 87.6 Å². The summed E-state index contributed by atoms with van der Waals surface area (Å²) >= 11 is 0. The van der Waals surface area contributed by atoms with Gasteiger partial charge in [0.1, 0.15) is 0 Å². The van der Waals surface area contributed by atoms with Crippen molar-refractivity contribution in [3.8, 4) is 0 Å². The third kappa shape index (κ3) is 4.03. The SMILES string of the molecule is O=C1CCC(c2ccc3c(c2)CCC3)=NN1.O=S1(=O)Cc2ccccc2N1. The molecule has 0 saturated carbocycles. The van der Waals surface area contributed by atoms with Crippen molar-refractivity contribution in [2.45, 2.75) is 37.9 Å². The summed E-state index contributed by atoms with van der Waals surface area (Å²) in [6, 6.07) is 13.8. The second-order valence-corrected chi connectivity index (χ2v) is 8.67. The van der Waals surface area contributed by atoms with Crippen molar-refractivity contribution in [2.75, 3.05) is 4.72 Å². The van der Waals surface area contributed by atoms with Crippen LogP contribution in [0.4, 0.5) is 5.69 Å². The van der Waals surface area contributed by atoms with E-state index in [0.717, 1.165) is 17.7 Å². The quantitative estimate of drug-likeness (QED) is 0.794. The molecule has 2 heterocycles. The van der Waals surface area contributed by atoms with Crippen LogP contribution in [0, 0.1) is 0 Å². The standard InChI is InChI=1S/C13H14N2O.C7H7NO2S/c16-13-7-6-12(14-15-13)11-5-4-9-2-1-3-10(9)8-11;9-11(10)5-6-3-1-2-4-7(6)8-11/h4-5,8H,1-3,6-7H2,(H,15,16);1-4,8H,5H2. The Morgan fingerprint density at radius 3 is 2.48 bits per heavy atom. The third-order valence-corrected chi connectivity index (χ3v) is 6.19. The number of nitrogens with one attached hydrogen (secondary N) is 2. The van der Waals surface area contributed by atoms with E-state index < -0.39 is 10.0 Å². The van der Waals surface area contributed by atoms with Crippen molar-refractivity contribution in [3.05, 3.63) is 64.7 Å². The lowest BCUT2D eigenvalue weighted by molar-refractivity contribution is -0.121. The fourth-order valence-electron chi connectivity index (χ4n) is 3.59. The monoisotopic (exact) mass is 383 g/mol. The number of hydrogen-bond acceptors (Lipinski definition) is 4. The second kappa shape index (κ2) is 7.15. The molecule has 5 rings (SSSR count). The van der Waals surface area contributed by atoms with Crippen LogP contribution in [0.25, 0.3) is 0 Å². The number of nitrogens with zero attached hydrogens (tertiary/aromatic N) is 1. The molecule has 2 aliphatic heterocycles. The minimum Gasteiger partial charge on any atom is -0.283 e. The van der Waals surface area contributed by atoms with E-state index in [4.69, 9.17) is 0 Å². The van der Waals surface area contributed by atoms with Crippen molar-refractivity contribution in [1.29, 1.82) is 0 Å². The Kier molecular flexibility index (Phi) is 4.70. The van der Waals surface area contributed by atoms with E-state index in [0.29, 0.717) is 12.1 Å². The van der Waals surface area contributed by atoms with Crippen LogP contribution in [0.3, 0.4) is 0 Å². The van der Waals surface area contributed by atoms with Crippen molar-refractivity contribution >= 4 is 27.3 Å². The highest BCUT2D eigenvalue weighted by atomic mass is 32.2. The lowest BCUT2D eigenvalue weighted by Gasteiger charge is -2.13. The summed E-state index contributed by atoms with van der Waals surface area (Å²) in [5.74, 6) is 0.133. The molecule has 0 spiro atoms. The molecule has 0 aromatic heterocycles. The van der Waals surface area contributed by atoms with Gasteiger partial charge in [-0.15, -0.1) is 0 Å². The molecule has 27 heavy (non-hydrogen) atoms. The van der Waals surface area contributed by atoms with Crippen molar-refractivity contribution in [1.82, 2.24) is 5.43 Å².